The lowest BCUT2D eigenvalue weighted by atomic mass is 10.0. The van der Waals surface area contributed by atoms with Crippen LogP contribution in [0.3, 0.4) is 0 Å². The van der Waals surface area contributed by atoms with Gasteiger partial charge in [-0.2, -0.15) is 0 Å². The van der Waals surface area contributed by atoms with Gasteiger partial charge < -0.3 is 0 Å². The molecule has 2 saturated heterocycles. The van der Waals surface area contributed by atoms with E-state index >= 15 is 0 Å². The summed E-state index contributed by atoms with van der Waals surface area (Å²) in [5.41, 5.74) is 3.78. The average molecular weight is 211 g/mol. The third kappa shape index (κ3) is 2.19. The molecule has 0 aliphatic carbocycles. The van der Waals surface area contributed by atoms with Gasteiger partial charge in [-0.05, 0) is 45.7 Å². The summed E-state index contributed by atoms with van der Waals surface area (Å²) in [7, 11) is 0. The molecule has 2 aliphatic heterocycles. The Morgan fingerprint density at radius 1 is 1.07 bits per heavy atom. The average Bonchev–Trinajstić information content (AvgIpc) is 2.83. The largest absolute Gasteiger partial charge is 0.285 e. The van der Waals surface area contributed by atoms with E-state index in [1.54, 1.807) is 0 Å². The summed E-state index contributed by atoms with van der Waals surface area (Å²) in [6, 6.07) is 0. The summed E-state index contributed by atoms with van der Waals surface area (Å²) in [5, 5.41) is 2.47. The molecular weight excluding hydrogens is 186 g/mol. The van der Waals surface area contributed by atoms with Crippen LogP contribution in [0.25, 0.3) is 0 Å². The maximum absolute atomic E-state index is 3.54. The minimum atomic E-state index is 0.247. The quantitative estimate of drug-likeness (QED) is 0.768. The van der Waals surface area contributed by atoms with Crippen LogP contribution in [0.15, 0.2) is 0 Å². The summed E-state index contributed by atoms with van der Waals surface area (Å²) < 4.78 is 0. The van der Waals surface area contributed by atoms with Gasteiger partial charge >= 0.3 is 0 Å². The Morgan fingerprint density at radius 2 is 1.80 bits per heavy atom. The molecule has 0 aromatic heterocycles. The van der Waals surface area contributed by atoms with Crippen molar-refractivity contribution < 1.29 is 0 Å². The Labute approximate surface area is 93.8 Å². The van der Waals surface area contributed by atoms with Crippen molar-refractivity contribution in [2.75, 3.05) is 26.2 Å². The van der Waals surface area contributed by atoms with E-state index in [0.29, 0.717) is 0 Å². The predicted molar refractivity (Wildman–Crippen MR) is 63.4 cm³/mol. The molecule has 3 nitrogen and oxygen atoms in total. The normalized spacial score (nSPS) is 29.2. The number of hydrazine groups is 1. The molecule has 0 saturated carbocycles. The van der Waals surface area contributed by atoms with Crippen LogP contribution in [0.1, 0.15) is 46.0 Å². The van der Waals surface area contributed by atoms with E-state index in [0.717, 1.165) is 6.54 Å². The second kappa shape index (κ2) is 4.81. The molecule has 0 aromatic carbocycles. The first-order chi connectivity index (χ1) is 7.27. The van der Waals surface area contributed by atoms with Gasteiger partial charge in [-0.3, -0.25) is 10.3 Å². The Hall–Kier alpha value is -0.120. The van der Waals surface area contributed by atoms with Crippen molar-refractivity contribution in [3.63, 3.8) is 0 Å². The first-order valence-corrected chi connectivity index (χ1v) is 6.53. The Kier molecular flexibility index (Phi) is 3.65. The Morgan fingerprint density at radius 3 is 2.33 bits per heavy atom. The highest BCUT2D eigenvalue weighted by atomic mass is 15.6. The van der Waals surface area contributed by atoms with Crippen LogP contribution in [-0.2, 0) is 0 Å². The van der Waals surface area contributed by atoms with E-state index < -0.39 is 0 Å². The zero-order valence-corrected chi connectivity index (χ0v) is 10.3. The fourth-order valence-electron chi connectivity index (χ4n) is 2.90. The molecule has 1 unspecified atom stereocenters. The van der Waals surface area contributed by atoms with Crippen LogP contribution < -0.4 is 5.43 Å². The molecule has 15 heavy (non-hydrogen) atoms. The fraction of sp³-hybridized carbons (Fsp3) is 1.00. The van der Waals surface area contributed by atoms with Crippen molar-refractivity contribution in [3.8, 4) is 0 Å². The second-order valence-electron chi connectivity index (χ2n) is 5.03. The van der Waals surface area contributed by atoms with Gasteiger partial charge in [0.1, 0.15) is 0 Å². The molecule has 2 heterocycles. The van der Waals surface area contributed by atoms with E-state index in [9.17, 15) is 0 Å². The number of piperidine rings is 1. The van der Waals surface area contributed by atoms with Gasteiger partial charge in [0.05, 0.1) is 5.66 Å². The van der Waals surface area contributed by atoms with Crippen molar-refractivity contribution in [2.45, 2.75) is 51.6 Å². The molecule has 0 amide bonds. The molecule has 2 aliphatic rings. The third-order valence-corrected chi connectivity index (χ3v) is 4.15. The summed E-state index contributed by atoms with van der Waals surface area (Å²) in [5.74, 6) is 0. The molecule has 1 N–H and O–H groups in total. The highest BCUT2D eigenvalue weighted by Gasteiger charge is 2.37. The van der Waals surface area contributed by atoms with E-state index in [4.69, 9.17) is 0 Å². The minimum Gasteiger partial charge on any atom is -0.285 e. The van der Waals surface area contributed by atoms with Crippen LogP contribution in [-0.4, -0.2) is 41.8 Å². The van der Waals surface area contributed by atoms with Gasteiger partial charge in [-0.1, -0.05) is 13.3 Å². The van der Waals surface area contributed by atoms with Crippen LogP contribution in [0, 0.1) is 0 Å². The maximum Gasteiger partial charge on any atom is 0.0839 e. The van der Waals surface area contributed by atoms with Crippen molar-refractivity contribution in [3.05, 3.63) is 0 Å². The third-order valence-electron chi connectivity index (χ3n) is 4.15. The lowest BCUT2D eigenvalue weighted by Crippen LogP contribution is -2.61. The Bertz CT molecular complexity index is 195. The van der Waals surface area contributed by atoms with E-state index in [-0.39, 0.29) is 5.66 Å². The molecule has 0 spiro atoms. The molecule has 0 radical (unpaired) electrons. The summed E-state index contributed by atoms with van der Waals surface area (Å²) in [6.45, 7) is 9.64. The second-order valence-corrected chi connectivity index (χ2v) is 5.03. The standard InChI is InChI=1S/C12H25N3/c1-3-12(2,15-11-7-8-13-15)14-9-5-4-6-10-14/h13H,3-11H2,1-2H3. The molecule has 2 rings (SSSR count). The van der Waals surface area contributed by atoms with Crippen molar-refractivity contribution in [1.29, 1.82) is 0 Å². The number of nitrogens with one attached hydrogen (secondary N) is 1. The van der Waals surface area contributed by atoms with E-state index in [1.165, 1.54) is 51.7 Å². The van der Waals surface area contributed by atoms with Gasteiger partial charge in [0.2, 0.25) is 0 Å². The maximum atomic E-state index is 3.54. The molecule has 0 bridgehead atoms. The number of rotatable bonds is 3. The SMILES string of the molecule is CCC(C)(N1CCCCC1)N1CCCN1. The smallest absolute Gasteiger partial charge is 0.0839 e. The molecule has 0 aromatic rings. The minimum absolute atomic E-state index is 0.247. The van der Waals surface area contributed by atoms with Crippen molar-refractivity contribution in [2.24, 2.45) is 0 Å². The van der Waals surface area contributed by atoms with Crippen molar-refractivity contribution >= 4 is 0 Å². The lowest BCUT2D eigenvalue weighted by molar-refractivity contribution is -0.0709. The van der Waals surface area contributed by atoms with Crippen molar-refractivity contribution in [1.82, 2.24) is 15.3 Å². The van der Waals surface area contributed by atoms with Gasteiger partial charge in [-0.25, -0.2) is 5.01 Å². The summed E-state index contributed by atoms with van der Waals surface area (Å²) in [4.78, 5) is 2.68. The van der Waals surface area contributed by atoms with E-state index in [1.807, 2.05) is 0 Å². The zero-order chi connectivity index (χ0) is 10.7. The first kappa shape index (κ1) is 11.4. The molecule has 88 valence electrons. The molecule has 2 fully saturated rings. The molecular formula is C12H25N3. The van der Waals surface area contributed by atoms with E-state index in [2.05, 4.69) is 29.2 Å². The van der Waals surface area contributed by atoms with Crippen LogP contribution in [0.5, 0.6) is 0 Å². The number of nitrogens with zero attached hydrogens (tertiary/aromatic N) is 2. The lowest BCUT2D eigenvalue weighted by Gasteiger charge is -2.48. The summed E-state index contributed by atoms with van der Waals surface area (Å²) in [6.07, 6.45) is 6.68. The number of hydrogen-bond donors (Lipinski definition) is 1. The summed E-state index contributed by atoms with van der Waals surface area (Å²) >= 11 is 0. The van der Waals surface area contributed by atoms with Gasteiger partial charge in [0.25, 0.3) is 0 Å². The van der Waals surface area contributed by atoms with Crippen LogP contribution in [0.4, 0.5) is 0 Å². The topological polar surface area (TPSA) is 18.5 Å². The highest BCUT2D eigenvalue weighted by Crippen LogP contribution is 2.27. The van der Waals surface area contributed by atoms with Gasteiger partial charge in [0, 0.05) is 13.1 Å². The van der Waals surface area contributed by atoms with Crippen LogP contribution >= 0.6 is 0 Å². The zero-order valence-electron chi connectivity index (χ0n) is 10.3. The Balaban J connectivity index is 2.04. The van der Waals surface area contributed by atoms with Gasteiger partial charge in [0.15, 0.2) is 0 Å². The predicted octanol–water partition coefficient (Wildman–Crippen LogP) is 1.81. The molecule has 1 atom stereocenters. The fourth-order valence-corrected chi connectivity index (χ4v) is 2.90. The number of hydrogen-bond acceptors (Lipinski definition) is 3. The monoisotopic (exact) mass is 211 g/mol. The molecule has 3 heteroatoms. The van der Waals surface area contributed by atoms with Crippen LogP contribution in [0.2, 0.25) is 0 Å². The first-order valence-electron chi connectivity index (χ1n) is 6.53. The number of likely N-dealkylation sites (tertiary alicyclic amines) is 1. The highest BCUT2D eigenvalue weighted by molar-refractivity contribution is 4.87. The van der Waals surface area contributed by atoms with Gasteiger partial charge in [-0.15, -0.1) is 0 Å².